The van der Waals surface area contributed by atoms with Gasteiger partial charge in [0.15, 0.2) is 11.5 Å². The monoisotopic (exact) mass is 253 g/mol. The van der Waals surface area contributed by atoms with Crippen LogP contribution in [0.2, 0.25) is 0 Å². The highest BCUT2D eigenvalue weighted by molar-refractivity contribution is 9.10. The molecule has 0 aromatic carbocycles. The van der Waals surface area contributed by atoms with Crippen molar-refractivity contribution in [2.24, 2.45) is 0 Å². The molecule has 0 saturated carbocycles. The minimum atomic E-state index is 0.916. The van der Waals surface area contributed by atoms with Gasteiger partial charge in [-0.3, -0.25) is 0 Å². The van der Waals surface area contributed by atoms with Crippen LogP contribution in [0.5, 0.6) is 0 Å². The Bertz CT molecular complexity index is 462. The zero-order valence-corrected chi connectivity index (χ0v) is 9.87. The van der Waals surface area contributed by atoms with Gasteiger partial charge >= 0.3 is 0 Å². The summed E-state index contributed by atoms with van der Waals surface area (Å²) in [6.45, 7) is 4.19. The number of fused-ring (bicyclic) bond motifs is 1. The molecule has 4 heteroatoms. The van der Waals surface area contributed by atoms with Crippen LogP contribution >= 0.6 is 15.9 Å². The van der Waals surface area contributed by atoms with E-state index in [9.17, 15) is 0 Å². The molecule has 0 bridgehead atoms. The quantitative estimate of drug-likeness (QED) is 0.771. The number of aryl methyl sites for hydroxylation is 2. The van der Waals surface area contributed by atoms with Crippen molar-refractivity contribution in [1.82, 2.24) is 14.6 Å². The molecule has 0 aliphatic carbocycles. The predicted octanol–water partition coefficient (Wildman–Crippen LogP) is 2.75. The maximum absolute atomic E-state index is 4.45. The SMILES string of the molecule is CCCc1nc2cc(C)cc(Br)n2n1. The van der Waals surface area contributed by atoms with E-state index in [1.165, 1.54) is 5.56 Å². The molecule has 0 atom stereocenters. The minimum absolute atomic E-state index is 0.916. The van der Waals surface area contributed by atoms with Gasteiger partial charge < -0.3 is 0 Å². The number of hydrogen-bond acceptors (Lipinski definition) is 2. The molecule has 0 saturated heterocycles. The van der Waals surface area contributed by atoms with Crippen molar-refractivity contribution in [3.8, 4) is 0 Å². The molecule has 2 aromatic rings. The van der Waals surface area contributed by atoms with Gasteiger partial charge in [0.25, 0.3) is 0 Å². The highest BCUT2D eigenvalue weighted by Gasteiger charge is 2.05. The summed E-state index contributed by atoms with van der Waals surface area (Å²) in [5.41, 5.74) is 2.11. The lowest BCUT2D eigenvalue weighted by atomic mass is 10.3. The van der Waals surface area contributed by atoms with Crippen LogP contribution in [-0.2, 0) is 6.42 Å². The van der Waals surface area contributed by atoms with Crippen molar-refractivity contribution in [2.45, 2.75) is 26.7 Å². The van der Waals surface area contributed by atoms with Crippen molar-refractivity contribution < 1.29 is 0 Å². The second-order valence-corrected chi connectivity index (χ2v) is 4.22. The highest BCUT2D eigenvalue weighted by atomic mass is 79.9. The van der Waals surface area contributed by atoms with Gasteiger partial charge in [0.2, 0.25) is 0 Å². The fourth-order valence-electron chi connectivity index (χ4n) is 1.44. The zero-order valence-electron chi connectivity index (χ0n) is 8.29. The summed E-state index contributed by atoms with van der Waals surface area (Å²) >= 11 is 3.47. The number of pyridine rings is 1. The third-order valence-corrected chi connectivity index (χ3v) is 2.62. The Hall–Kier alpha value is -0.900. The Balaban J connectivity index is 2.58. The van der Waals surface area contributed by atoms with E-state index in [0.29, 0.717) is 0 Å². The molecule has 2 rings (SSSR count). The van der Waals surface area contributed by atoms with Gasteiger partial charge in [-0.1, -0.05) is 6.92 Å². The van der Waals surface area contributed by atoms with Crippen LogP contribution in [0, 0.1) is 6.92 Å². The molecular weight excluding hydrogens is 242 g/mol. The topological polar surface area (TPSA) is 30.2 Å². The van der Waals surface area contributed by atoms with Crippen molar-refractivity contribution in [2.75, 3.05) is 0 Å². The molecule has 0 amide bonds. The molecule has 0 radical (unpaired) electrons. The van der Waals surface area contributed by atoms with Crippen molar-refractivity contribution >= 4 is 21.6 Å². The normalized spacial score (nSPS) is 11.1. The van der Waals surface area contributed by atoms with E-state index >= 15 is 0 Å². The Morgan fingerprint density at radius 3 is 2.93 bits per heavy atom. The van der Waals surface area contributed by atoms with Crippen LogP contribution in [0.25, 0.3) is 5.65 Å². The number of nitrogens with zero attached hydrogens (tertiary/aromatic N) is 3. The molecular formula is C10H12BrN3. The predicted molar refractivity (Wildman–Crippen MR) is 59.4 cm³/mol. The minimum Gasteiger partial charge on any atom is -0.212 e. The van der Waals surface area contributed by atoms with Gasteiger partial charge in [0.05, 0.1) is 0 Å². The Morgan fingerprint density at radius 2 is 2.21 bits per heavy atom. The van der Waals surface area contributed by atoms with Crippen LogP contribution in [0.4, 0.5) is 0 Å². The van der Waals surface area contributed by atoms with E-state index < -0.39 is 0 Å². The van der Waals surface area contributed by atoms with E-state index in [1.54, 1.807) is 0 Å². The average molecular weight is 254 g/mol. The summed E-state index contributed by atoms with van der Waals surface area (Å²) in [6.07, 6.45) is 2.01. The van der Waals surface area contributed by atoms with Crippen molar-refractivity contribution in [3.05, 3.63) is 28.1 Å². The molecule has 0 aliphatic rings. The van der Waals surface area contributed by atoms with Gasteiger partial charge in [0, 0.05) is 6.42 Å². The summed E-state index contributed by atoms with van der Waals surface area (Å²) in [4.78, 5) is 4.45. The molecule has 2 aromatic heterocycles. The van der Waals surface area contributed by atoms with Crippen LogP contribution in [0.3, 0.4) is 0 Å². The molecule has 0 spiro atoms. The summed E-state index contributed by atoms with van der Waals surface area (Å²) in [6, 6.07) is 4.08. The maximum atomic E-state index is 4.45. The van der Waals surface area contributed by atoms with E-state index in [4.69, 9.17) is 0 Å². The van der Waals surface area contributed by atoms with E-state index in [2.05, 4.69) is 39.9 Å². The lowest BCUT2D eigenvalue weighted by molar-refractivity contribution is 0.812. The van der Waals surface area contributed by atoms with Crippen LogP contribution in [0.1, 0.15) is 24.7 Å². The Labute approximate surface area is 91.3 Å². The number of hydrogen-bond donors (Lipinski definition) is 0. The zero-order chi connectivity index (χ0) is 10.1. The average Bonchev–Trinajstić information content (AvgIpc) is 2.48. The number of halogens is 1. The van der Waals surface area contributed by atoms with Crippen LogP contribution in [-0.4, -0.2) is 14.6 Å². The summed E-state index contributed by atoms with van der Waals surface area (Å²) in [5, 5.41) is 4.40. The fraction of sp³-hybridized carbons (Fsp3) is 0.400. The van der Waals surface area contributed by atoms with Gasteiger partial charge in [-0.25, -0.2) is 9.50 Å². The molecule has 0 N–H and O–H groups in total. The first-order valence-electron chi connectivity index (χ1n) is 4.72. The molecule has 3 nitrogen and oxygen atoms in total. The Kier molecular flexibility index (Phi) is 2.54. The van der Waals surface area contributed by atoms with Crippen LogP contribution in [0.15, 0.2) is 16.7 Å². The van der Waals surface area contributed by atoms with E-state index in [1.807, 2.05) is 16.6 Å². The van der Waals surface area contributed by atoms with E-state index in [0.717, 1.165) is 28.9 Å². The lowest BCUT2D eigenvalue weighted by Gasteiger charge is -1.96. The second-order valence-electron chi connectivity index (χ2n) is 3.40. The highest BCUT2D eigenvalue weighted by Crippen LogP contribution is 2.15. The molecule has 0 aliphatic heterocycles. The smallest absolute Gasteiger partial charge is 0.157 e. The van der Waals surface area contributed by atoms with Crippen LogP contribution < -0.4 is 0 Å². The molecule has 0 fully saturated rings. The Morgan fingerprint density at radius 1 is 1.43 bits per heavy atom. The van der Waals surface area contributed by atoms with Gasteiger partial charge in [-0.15, -0.1) is 0 Å². The van der Waals surface area contributed by atoms with Gasteiger partial charge in [-0.2, -0.15) is 5.10 Å². The summed E-state index contributed by atoms with van der Waals surface area (Å²) in [5.74, 6) is 0.916. The first kappa shape index (κ1) is 9.65. The molecule has 0 unspecified atom stereocenters. The first-order valence-corrected chi connectivity index (χ1v) is 5.52. The van der Waals surface area contributed by atoms with E-state index in [-0.39, 0.29) is 0 Å². The van der Waals surface area contributed by atoms with Gasteiger partial charge in [-0.05, 0) is 47.0 Å². The lowest BCUT2D eigenvalue weighted by Crippen LogP contribution is -1.91. The van der Waals surface area contributed by atoms with Crippen molar-refractivity contribution in [3.63, 3.8) is 0 Å². The summed E-state index contributed by atoms with van der Waals surface area (Å²) < 4.78 is 2.79. The first-order chi connectivity index (χ1) is 6.70. The maximum Gasteiger partial charge on any atom is 0.157 e. The largest absolute Gasteiger partial charge is 0.212 e. The van der Waals surface area contributed by atoms with Crippen molar-refractivity contribution in [1.29, 1.82) is 0 Å². The second kappa shape index (κ2) is 3.69. The fourth-order valence-corrected chi connectivity index (χ4v) is 2.07. The molecule has 14 heavy (non-hydrogen) atoms. The molecule has 74 valence electrons. The summed E-state index contributed by atoms with van der Waals surface area (Å²) in [7, 11) is 0. The van der Waals surface area contributed by atoms with Gasteiger partial charge in [0.1, 0.15) is 4.60 Å². The third-order valence-electron chi connectivity index (χ3n) is 2.06. The molecule has 2 heterocycles. The number of aromatic nitrogens is 3. The standard InChI is InChI=1S/C10H12BrN3/c1-3-4-9-12-10-6-7(2)5-8(11)14(10)13-9/h5-6H,3-4H2,1-2H3. The number of rotatable bonds is 2. The third kappa shape index (κ3) is 1.66.